The third-order valence-corrected chi connectivity index (χ3v) is 3.86. The van der Waals surface area contributed by atoms with Gasteiger partial charge < -0.3 is 5.32 Å². The first kappa shape index (κ1) is 14.1. The molecule has 1 amide bonds. The largest absolute Gasteiger partial charge is 0.336 e. The average molecular weight is 286 g/mol. The third kappa shape index (κ3) is 3.61. The molecule has 0 saturated heterocycles. The normalized spacial score (nSPS) is 10.8. The molecule has 100 valence electrons. The van der Waals surface area contributed by atoms with E-state index < -0.39 is 15.8 Å². The van der Waals surface area contributed by atoms with E-state index >= 15 is 0 Å². The second kappa shape index (κ2) is 5.79. The van der Waals surface area contributed by atoms with Gasteiger partial charge in [-0.05, 0) is 36.4 Å². The fourth-order valence-electron chi connectivity index (χ4n) is 1.58. The van der Waals surface area contributed by atoms with Crippen LogP contribution in [0.25, 0.3) is 0 Å². The number of carbonyl (C=O) groups is 1. The van der Waals surface area contributed by atoms with Crippen molar-refractivity contribution in [3.8, 4) is 0 Å². The van der Waals surface area contributed by atoms with Gasteiger partial charge in [0.25, 0.3) is 10.0 Å². The van der Waals surface area contributed by atoms with Crippen molar-refractivity contribution in [1.29, 1.82) is 0 Å². The highest BCUT2D eigenvalue weighted by Crippen LogP contribution is 2.17. The maximum atomic E-state index is 12.1. The van der Waals surface area contributed by atoms with Gasteiger partial charge in [-0.3, -0.25) is 9.52 Å². The first-order valence-electron chi connectivity index (χ1n) is 5.72. The zero-order valence-electron chi connectivity index (χ0n) is 10.4. The van der Waals surface area contributed by atoms with Gasteiger partial charge >= 0.3 is 0 Å². The van der Waals surface area contributed by atoms with E-state index in [0.717, 1.165) is 0 Å². The van der Waals surface area contributed by atoms with Crippen LogP contribution < -0.4 is 10.0 Å². The lowest BCUT2D eigenvalue weighted by molar-refractivity contribution is 0.269. The molecule has 7 heteroatoms. The SMILES string of the molecule is [B]C(=O)Nc1ccc(S(=O)(=O)Nc2ccccc2)cc1. The summed E-state index contributed by atoms with van der Waals surface area (Å²) in [5.41, 5.74) is 0.906. The maximum Gasteiger partial charge on any atom is 0.261 e. The molecule has 0 aliphatic rings. The molecule has 0 aromatic heterocycles. The molecule has 0 aliphatic carbocycles. The smallest absolute Gasteiger partial charge is 0.261 e. The Kier molecular flexibility index (Phi) is 4.09. The van der Waals surface area contributed by atoms with Gasteiger partial charge in [0.1, 0.15) is 0 Å². The van der Waals surface area contributed by atoms with Gasteiger partial charge in [-0.2, -0.15) is 0 Å². The molecule has 0 heterocycles. The van der Waals surface area contributed by atoms with E-state index in [4.69, 9.17) is 7.85 Å². The Bertz CT molecular complexity index is 700. The lowest BCUT2D eigenvalue weighted by Crippen LogP contribution is -2.13. The van der Waals surface area contributed by atoms with E-state index in [1.54, 1.807) is 30.3 Å². The summed E-state index contributed by atoms with van der Waals surface area (Å²) in [4.78, 5) is 10.8. The van der Waals surface area contributed by atoms with Gasteiger partial charge in [-0.1, -0.05) is 18.2 Å². The molecule has 20 heavy (non-hydrogen) atoms. The van der Waals surface area contributed by atoms with Crippen LogP contribution >= 0.6 is 0 Å². The monoisotopic (exact) mass is 286 g/mol. The van der Waals surface area contributed by atoms with Gasteiger partial charge in [-0.25, -0.2) is 8.42 Å². The first-order valence-corrected chi connectivity index (χ1v) is 7.20. The van der Waals surface area contributed by atoms with Crippen LogP contribution in [0.5, 0.6) is 0 Å². The molecule has 0 saturated carbocycles. The van der Waals surface area contributed by atoms with Crippen molar-refractivity contribution in [3.05, 3.63) is 54.6 Å². The Morgan fingerprint density at radius 2 is 1.50 bits per heavy atom. The minimum absolute atomic E-state index is 0.0939. The molecule has 0 unspecified atom stereocenters. The Balaban J connectivity index is 2.19. The molecule has 0 fully saturated rings. The number of amides is 1. The van der Waals surface area contributed by atoms with Crippen LogP contribution in [-0.4, -0.2) is 22.1 Å². The second-order valence-corrected chi connectivity index (χ2v) is 5.67. The van der Waals surface area contributed by atoms with Crippen molar-refractivity contribution in [2.24, 2.45) is 0 Å². The Morgan fingerprint density at radius 1 is 0.900 bits per heavy atom. The number of anilines is 2. The van der Waals surface area contributed by atoms with Crippen LogP contribution in [-0.2, 0) is 10.0 Å². The summed E-state index contributed by atoms with van der Waals surface area (Å²) in [6, 6.07) is 14.3. The Hall–Kier alpha value is -2.28. The predicted octanol–water partition coefficient (Wildman–Crippen LogP) is 2.19. The first-order chi connectivity index (χ1) is 9.47. The number of hydrogen-bond donors (Lipinski definition) is 2. The van der Waals surface area contributed by atoms with E-state index in [-0.39, 0.29) is 4.90 Å². The maximum absolute atomic E-state index is 12.1. The van der Waals surface area contributed by atoms with Gasteiger partial charge in [0.05, 0.1) is 4.90 Å². The summed E-state index contributed by atoms with van der Waals surface area (Å²) in [6.07, 6.45) is 0. The van der Waals surface area contributed by atoms with Gasteiger partial charge in [0.2, 0.25) is 7.85 Å². The standard InChI is InChI=1S/C13H11BN2O3S/c14-13(17)15-10-6-8-12(9-7-10)20(18,19)16-11-4-2-1-3-5-11/h1-9,16H,(H,15,17). The topological polar surface area (TPSA) is 75.3 Å². The summed E-state index contributed by atoms with van der Waals surface area (Å²) >= 11 is 0. The quantitative estimate of drug-likeness (QED) is 0.846. The molecule has 2 aromatic rings. The van der Waals surface area contributed by atoms with Crippen molar-refractivity contribution >= 4 is 35.1 Å². The molecule has 2 aromatic carbocycles. The van der Waals surface area contributed by atoms with E-state index in [9.17, 15) is 13.2 Å². The zero-order valence-corrected chi connectivity index (χ0v) is 11.2. The van der Waals surface area contributed by atoms with E-state index in [1.165, 1.54) is 24.3 Å². The number of benzene rings is 2. The van der Waals surface area contributed by atoms with Gasteiger partial charge in [-0.15, -0.1) is 0 Å². The summed E-state index contributed by atoms with van der Waals surface area (Å²) < 4.78 is 26.7. The van der Waals surface area contributed by atoms with E-state index in [2.05, 4.69) is 10.0 Å². The van der Waals surface area contributed by atoms with E-state index in [1.807, 2.05) is 0 Å². The van der Waals surface area contributed by atoms with Crippen molar-refractivity contribution in [2.45, 2.75) is 4.90 Å². The van der Waals surface area contributed by atoms with Crippen molar-refractivity contribution in [1.82, 2.24) is 0 Å². The molecule has 5 nitrogen and oxygen atoms in total. The minimum Gasteiger partial charge on any atom is -0.336 e. The highest BCUT2D eigenvalue weighted by molar-refractivity contribution is 7.92. The summed E-state index contributed by atoms with van der Waals surface area (Å²) in [5.74, 6) is -0.706. The molecular weight excluding hydrogens is 275 g/mol. The number of sulfonamides is 1. The fourth-order valence-corrected chi connectivity index (χ4v) is 2.64. The van der Waals surface area contributed by atoms with Gasteiger partial charge in [0.15, 0.2) is 5.81 Å². The number of hydrogen-bond acceptors (Lipinski definition) is 3. The molecule has 0 bridgehead atoms. The van der Waals surface area contributed by atoms with Crippen molar-refractivity contribution < 1.29 is 13.2 Å². The molecule has 2 rings (SSSR count). The molecule has 0 atom stereocenters. The Morgan fingerprint density at radius 3 is 2.05 bits per heavy atom. The minimum atomic E-state index is -3.65. The lowest BCUT2D eigenvalue weighted by Gasteiger charge is -2.09. The molecule has 2 radical (unpaired) electrons. The highest BCUT2D eigenvalue weighted by Gasteiger charge is 2.13. The number of carbonyl (C=O) groups excluding carboxylic acids is 1. The number of nitrogens with one attached hydrogen (secondary N) is 2. The van der Waals surface area contributed by atoms with Crippen LogP contribution in [0.4, 0.5) is 16.2 Å². The van der Waals surface area contributed by atoms with Crippen LogP contribution in [0, 0.1) is 0 Å². The zero-order chi connectivity index (χ0) is 14.6. The molecule has 0 spiro atoms. The average Bonchev–Trinajstić information content (AvgIpc) is 2.39. The number of rotatable bonds is 4. The predicted molar refractivity (Wildman–Crippen MR) is 78.5 cm³/mol. The molecule has 2 N–H and O–H groups in total. The van der Waals surface area contributed by atoms with Crippen molar-refractivity contribution in [3.63, 3.8) is 0 Å². The molecule has 0 aliphatic heterocycles. The fraction of sp³-hybridized carbons (Fsp3) is 0. The summed E-state index contributed by atoms with van der Waals surface area (Å²) in [5, 5.41) is 2.36. The van der Waals surface area contributed by atoms with Crippen LogP contribution in [0.15, 0.2) is 59.5 Å². The van der Waals surface area contributed by atoms with Crippen LogP contribution in [0.1, 0.15) is 0 Å². The lowest BCUT2D eigenvalue weighted by atomic mass is 10.1. The van der Waals surface area contributed by atoms with Crippen LogP contribution in [0.3, 0.4) is 0 Å². The summed E-state index contributed by atoms with van der Waals surface area (Å²) in [6.45, 7) is 0. The third-order valence-electron chi connectivity index (χ3n) is 2.46. The van der Waals surface area contributed by atoms with Gasteiger partial charge in [0, 0.05) is 11.4 Å². The van der Waals surface area contributed by atoms with Crippen molar-refractivity contribution in [2.75, 3.05) is 10.0 Å². The number of para-hydroxylation sites is 1. The van der Waals surface area contributed by atoms with E-state index in [0.29, 0.717) is 11.4 Å². The highest BCUT2D eigenvalue weighted by atomic mass is 32.2. The molecular formula is C13H11BN2O3S. The summed E-state index contributed by atoms with van der Waals surface area (Å²) in [7, 11) is 1.32. The van der Waals surface area contributed by atoms with Crippen LogP contribution in [0.2, 0.25) is 0 Å². The Labute approximate surface area is 118 Å². The second-order valence-electron chi connectivity index (χ2n) is 3.99.